The van der Waals surface area contributed by atoms with E-state index in [9.17, 15) is 8.42 Å². The number of hydrogen-bond acceptors (Lipinski definition) is 4. The van der Waals surface area contributed by atoms with Crippen LogP contribution < -0.4 is 10.5 Å². The second kappa shape index (κ2) is 6.43. The Balaban J connectivity index is 2.02. The van der Waals surface area contributed by atoms with Gasteiger partial charge >= 0.3 is 0 Å². The van der Waals surface area contributed by atoms with Crippen molar-refractivity contribution in [3.8, 4) is 0 Å². The quantitative estimate of drug-likeness (QED) is 0.799. The van der Waals surface area contributed by atoms with Crippen LogP contribution in [0.15, 0.2) is 27.6 Å². The summed E-state index contributed by atoms with van der Waals surface area (Å²) in [4.78, 5) is 2.40. The minimum Gasteiger partial charge on any atom is -0.398 e. The van der Waals surface area contributed by atoms with Crippen molar-refractivity contribution in [3.05, 3.63) is 22.7 Å². The van der Waals surface area contributed by atoms with E-state index in [1.54, 1.807) is 12.1 Å². The van der Waals surface area contributed by atoms with E-state index < -0.39 is 10.0 Å². The number of likely N-dealkylation sites (tertiary alicyclic amines) is 1. The average molecular weight is 362 g/mol. The third-order valence-corrected chi connectivity index (χ3v) is 5.64. The van der Waals surface area contributed by atoms with E-state index in [-0.39, 0.29) is 10.6 Å². The van der Waals surface area contributed by atoms with Crippen molar-refractivity contribution in [2.24, 2.45) is 5.92 Å². The molecule has 1 fully saturated rings. The van der Waals surface area contributed by atoms with Gasteiger partial charge in [-0.05, 0) is 57.1 Å². The zero-order valence-corrected chi connectivity index (χ0v) is 13.9. The number of benzene rings is 1. The lowest BCUT2D eigenvalue weighted by atomic mass is 9.98. The van der Waals surface area contributed by atoms with Crippen LogP contribution in [0.5, 0.6) is 0 Å². The molecule has 2 rings (SSSR count). The fraction of sp³-hybridized carbons (Fsp3) is 0.538. The van der Waals surface area contributed by atoms with Gasteiger partial charge in [0.2, 0.25) is 10.0 Å². The first-order chi connectivity index (χ1) is 9.38. The molecule has 0 spiro atoms. The number of nitrogens with one attached hydrogen (secondary N) is 1. The number of sulfonamides is 1. The van der Waals surface area contributed by atoms with Gasteiger partial charge in [0.25, 0.3) is 0 Å². The van der Waals surface area contributed by atoms with Gasteiger partial charge in [-0.1, -0.05) is 15.9 Å². The Labute approximate surface area is 128 Å². The lowest BCUT2D eigenvalue weighted by Gasteiger charge is -2.28. The molecule has 0 unspecified atom stereocenters. The van der Waals surface area contributed by atoms with Crippen LogP contribution in [0.2, 0.25) is 0 Å². The normalized spacial score (nSPS) is 18.3. The zero-order chi connectivity index (χ0) is 14.8. The number of hydrogen-bond donors (Lipinski definition) is 2. The minimum atomic E-state index is -3.54. The van der Waals surface area contributed by atoms with Gasteiger partial charge in [-0.25, -0.2) is 13.1 Å². The minimum absolute atomic E-state index is 0.139. The fourth-order valence-electron chi connectivity index (χ4n) is 2.31. The van der Waals surface area contributed by atoms with Crippen molar-refractivity contribution in [3.63, 3.8) is 0 Å². The Morgan fingerprint density at radius 2 is 2.05 bits per heavy atom. The van der Waals surface area contributed by atoms with E-state index in [2.05, 4.69) is 32.6 Å². The Bertz CT molecular complexity index is 569. The van der Waals surface area contributed by atoms with Gasteiger partial charge < -0.3 is 10.6 Å². The summed E-state index contributed by atoms with van der Waals surface area (Å²) in [5.41, 5.74) is 6.02. The first-order valence-electron chi connectivity index (χ1n) is 6.62. The predicted molar refractivity (Wildman–Crippen MR) is 84.0 cm³/mol. The van der Waals surface area contributed by atoms with Gasteiger partial charge in [-0.3, -0.25) is 0 Å². The third-order valence-electron chi connectivity index (χ3n) is 3.67. The first kappa shape index (κ1) is 15.8. The molecule has 0 aromatic heterocycles. The Hall–Kier alpha value is -0.630. The molecule has 3 N–H and O–H groups in total. The zero-order valence-electron chi connectivity index (χ0n) is 11.5. The summed E-state index contributed by atoms with van der Waals surface area (Å²) >= 11 is 3.27. The molecule has 0 amide bonds. The molecule has 0 atom stereocenters. The third kappa shape index (κ3) is 3.94. The van der Waals surface area contributed by atoms with Crippen LogP contribution in [0.3, 0.4) is 0 Å². The molecule has 0 bridgehead atoms. The summed E-state index contributed by atoms with van der Waals surface area (Å²) in [6.07, 6.45) is 2.04. The molecule has 0 radical (unpaired) electrons. The maximum Gasteiger partial charge on any atom is 0.242 e. The van der Waals surface area contributed by atoms with Crippen molar-refractivity contribution in [1.82, 2.24) is 9.62 Å². The number of halogens is 1. The Morgan fingerprint density at radius 1 is 1.40 bits per heavy atom. The Morgan fingerprint density at radius 3 is 2.70 bits per heavy atom. The number of nitrogen functional groups attached to an aromatic ring is 1. The van der Waals surface area contributed by atoms with Gasteiger partial charge in [0, 0.05) is 11.0 Å². The standard InChI is InChI=1S/C13H20BrN3O2S/c1-17-6-4-10(5-7-17)9-16-20(18,19)13-8-11(14)2-3-12(13)15/h2-3,8,10,16H,4-7,9,15H2,1H3. The topological polar surface area (TPSA) is 75.4 Å². The average Bonchev–Trinajstić information content (AvgIpc) is 2.41. The van der Waals surface area contributed by atoms with Crippen LogP contribution >= 0.6 is 15.9 Å². The molecule has 1 heterocycles. The van der Waals surface area contributed by atoms with E-state index in [1.807, 2.05) is 0 Å². The smallest absolute Gasteiger partial charge is 0.242 e. The summed E-state index contributed by atoms with van der Waals surface area (Å²) in [6, 6.07) is 4.85. The second-order valence-corrected chi connectivity index (χ2v) is 7.93. The van der Waals surface area contributed by atoms with Crippen LogP contribution in [0.1, 0.15) is 12.8 Å². The Kier molecular flexibility index (Phi) is 5.06. The second-order valence-electron chi connectivity index (χ2n) is 5.28. The molecule has 1 aliphatic heterocycles. The highest BCUT2D eigenvalue weighted by Gasteiger charge is 2.22. The van der Waals surface area contributed by atoms with Crippen molar-refractivity contribution in [2.45, 2.75) is 17.7 Å². The number of anilines is 1. The summed E-state index contributed by atoms with van der Waals surface area (Å²) in [5.74, 6) is 0.398. The van der Waals surface area contributed by atoms with Crippen LogP contribution in [-0.4, -0.2) is 40.0 Å². The van der Waals surface area contributed by atoms with E-state index >= 15 is 0 Å². The largest absolute Gasteiger partial charge is 0.398 e. The highest BCUT2D eigenvalue weighted by molar-refractivity contribution is 9.10. The molecule has 1 aliphatic rings. The molecule has 1 aromatic rings. The van der Waals surface area contributed by atoms with Crippen LogP contribution in [-0.2, 0) is 10.0 Å². The molecule has 7 heteroatoms. The van der Waals surface area contributed by atoms with Crippen molar-refractivity contribution >= 4 is 31.6 Å². The van der Waals surface area contributed by atoms with E-state index in [0.717, 1.165) is 25.9 Å². The SMILES string of the molecule is CN1CCC(CNS(=O)(=O)c2cc(Br)ccc2N)CC1. The van der Waals surface area contributed by atoms with Crippen LogP contribution in [0.25, 0.3) is 0 Å². The van der Waals surface area contributed by atoms with Gasteiger partial charge in [0.1, 0.15) is 4.90 Å². The fourth-order valence-corrected chi connectivity index (χ4v) is 4.10. The van der Waals surface area contributed by atoms with Crippen molar-refractivity contribution < 1.29 is 8.42 Å². The molecule has 0 aliphatic carbocycles. The lowest BCUT2D eigenvalue weighted by Crippen LogP contribution is -2.37. The maximum atomic E-state index is 12.3. The molecule has 20 heavy (non-hydrogen) atoms. The van der Waals surface area contributed by atoms with E-state index in [1.165, 1.54) is 6.07 Å². The van der Waals surface area contributed by atoms with E-state index in [4.69, 9.17) is 5.73 Å². The number of nitrogens with zero attached hydrogens (tertiary/aromatic N) is 1. The van der Waals surface area contributed by atoms with E-state index in [0.29, 0.717) is 16.9 Å². The maximum absolute atomic E-state index is 12.3. The summed E-state index contributed by atoms with van der Waals surface area (Å²) < 4.78 is 28.0. The van der Waals surface area contributed by atoms with Gasteiger partial charge in [-0.15, -0.1) is 0 Å². The van der Waals surface area contributed by atoms with Gasteiger partial charge in [0.15, 0.2) is 0 Å². The number of nitrogens with two attached hydrogens (primary N) is 1. The molecule has 5 nitrogen and oxygen atoms in total. The molecule has 112 valence electrons. The predicted octanol–water partition coefficient (Wildman–Crippen LogP) is 1.65. The van der Waals surface area contributed by atoms with Crippen LogP contribution in [0.4, 0.5) is 5.69 Å². The van der Waals surface area contributed by atoms with Gasteiger partial charge in [-0.2, -0.15) is 0 Å². The molecule has 1 aromatic carbocycles. The first-order valence-corrected chi connectivity index (χ1v) is 8.89. The lowest BCUT2D eigenvalue weighted by molar-refractivity contribution is 0.220. The molecule has 1 saturated heterocycles. The number of rotatable bonds is 4. The summed E-state index contributed by atoms with van der Waals surface area (Å²) in [6.45, 7) is 2.51. The summed E-state index contributed by atoms with van der Waals surface area (Å²) in [5, 5.41) is 0. The monoisotopic (exact) mass is 361 g/mol. The summed E-state index contributed by atoms with van der Waals surface area (Å²) in [7, 11) is -1.46. The van der Waals surface area contributed by atoms with Gasteiger partial charge in [0.05, 0.1) is 5.69 Å². The molecular weight excluding hydrogens is 342 g/mol. The molecular formula is C13H20BrN3O2S. The van der Waals surface area contributed by atoms with Crippen molar-refractivity contribution in [1.29, 1.82) is 0 Å². The van der Waals surface area contributed by atoms with Crippen molar-refractivity contribution in [2.75, 3.05) is 32.4 Å². The highest BCUT2D eigenvalue weighted by atomic mass is 79.9. The molecule has 0 saturated carbocycles. The number of piperidine rings is 1. The van der Waals surface area contributed by atoms with Crippen LogP contribution in [0, 0.1) is 5.92 Å². The highest BCUT2D eigenvalue weighted by Crippen LogP contribution is 2.23.